The molecule has 0 atom stereocenters. The van der Waals surface area contributed by atoms with Crippen molar-refractivity contribution in [2.24, 2.45) is 0 Å². The Morgan fingerprint density at radius 3 is 1.81 bits per heavy atom. The van der Waals surface area contributed by atoms with Gasteiger partial charge in [0.2, 0.25) is 6.71 Å². The highest BCUT2D eigenvalue weighted by molar-refractivity contribution is 6.89. The van der Waals surface area contributed by atoms with Crippen molar-refractivity contribution < 1.29 is 4.74 Å². The number of hydrogen-bond donors (Lipinski definition) is 0. The van der Waals surface area contributed by atoms with Gasteiger partial charge in [-0.05, 0) is 29.7 Å². The molecule has 47 heavy (non-hydrogen) atoms. The Hall–Kier alpha value is -4.87. The lowest BCUT2D eigenvalue weighted by Crippen LogP contribution is -2.46. The molecule has 6 aromatic rings. The van der Waals surface area contributed by atoms with E-state index in [0.29, 0.717) is 6.71 Å². The van der Waals surface area contributed by atoms with Crippen molar-refractivity contribution in [1.82, 2.24) is 9.55 Å². The summed E-state index contributed by atoms with van der Waals surface area (Å²) in [6.45, 7) is 7.24. The van der Waals surface area contributed by atoms with Crippen molar-refractivity contribution in [3.05, 3.63) is 188 Å². The number of hydrogen-bond acceptors (Lipinski definition) is 2. The molecule has 0 radical (unpaired) electrons. The minimum Gasteiger partial charge on any atom is -0.494 e. The second-order valence-corrected chi connectivity index (χ2v) is 14.0. The van der Waals surface area contributed by atoms with Crippen LogP contribution in [0.1, 0.15) is 43.7 Å². The van der Waals surface area contributed by atoms with Crippen molar-refractivity contribution in [1.29, 1.82) is 0 Å². The minimum atomic E-state index is -0.885. The van der Waals surface area contributed by atoms with Crippen LogP contribution in [0.15, 0.2) is 177 Å². The largest absolute Gasteiger partial charge is 0.494 e. The van der Waals surface area contributed by atoms with E-state index >= 15 is 0 Å². The molecular formula is C42H45BN2OSi. The highest BCUT2D eigenvalue weighted by atomic mass is 28.2. The summed E-state index contributed by atoms with van der Waals surface area (Å²) in [5.74, 6) is 2.97. The van der Waals surface area contributed by atoms with Crippen LogP contribution < -0.4 is 20.8 Å². The number of nitrogens with zero attached hydrogens (tertiary/aromatic N) is 2. The lowest BCUT2D eigenvalue weighted by molar-refractivity contribution is 0.305. The zero-order chi connectivity index (χ0) is 32.6. The first kappa shape index (κ1) is 33.5. The highest BCUT2D eigenvalue weighted by Crippen LogP contribution is 2.33. The average Bonchev–Trinajstić information content (AvgIpc) is 3.69. The summed E-state index contributed by atoms with van der Waals surface area (Å²) in [7, 11) is -0.885. The minimum absolute atomic E-state index is 0.265. The topological polar surface area (TPSA) is 27.1 Å². The second-order valence-electron chi connectivity index (χ2n) is 11.8. The zero-order valence-electron chi connectivity index (χ0n) is 27.5. The molecule has 0 unspecified atom stereocenters. The third kappa shape index (κ3) is 8.90. The Balaban J connectivity index is 0.000000241. The van der Waals surface area contributed by atoms with Gasteiger partial charge in [-0.1, -0.05) is 176 Å². The van der Waals surface area contributed by atoms with E-state index in [2.05, 4.69) is 163 Å². The quantitative estimate of drug-likeness (QED) is 0.0946. The van der Waals surface area contributed by atoms with E-state index in [1.54, 1.807) is 0 Å². The SMILES string of the molecule is C=CB(c1ccccc1)c1ccccc1.CCCCCCOc1cccc([SiH2]C(c2ccccc2)(c2ccccc2)n2ccnc2)c1. The third-order valence-electron chi connectivity index (χ3n) is 8.63. The number of ether oxygens (including phenoxy) is 1. The predicted octanol–water partition coefficient (Wildman–Crippen LogP) is 7.11. The Bertz CT molecular complexity index is 1650. The number of imidazole rings is 1. The molecular weight excluding hydrogens is 587 g/mol. The van der Waals surface area contributed by atoms with Crippen molar-refractivity contribution in [3.63, 3.8) is 0 Å². The normalized spacial score (nSPS) is 11.1. The van der Waals surface area contributed by atoms with Gasteiger partial charge < -0.3 is 9.30 Å². The number of unbranched alkanes of at least 4 members (excludes halogenated alkanes) is 3. The summed E-state index contributed by atoms with van der Waals surface area (Å²) >= 11 is 0. The molecule has 0 aliphatic carbocycles. The monoisotopic (exact) mass is 632 g/mol. The molecule has 0 amide bonds. The standard InChI is InChI=1S/C28H32N2OSi.C14H13B/c1-2-3-4-11-21-31-26-17-12-18-27(22-26)32-28(30-20-19-29-23-30,24-13-7-5-8-14-24)25-15-9-6-10-16-25;1-2-15(13-9-5-3-6-10-13)14-11-7-4-8-12-14/h5-10,12-20,22-23H,2-4,11,21,32H2,1H3;2-12H,1H2. The summed E-state index contributed by atoms with van der Waals surface area (Å²) in [5, 5.41) is 1.11. The molecule has 0 N–H and O–H groups in total. The summed E-state index contributed by atoms with van der Waals surface area (Å²) in [6.07, 6.45) is 10.8. The molecule has 1 aromatic heterocycles. The molecule has 3 nitrogen and oxygen atoms in total. The number of benzene rings is 5. The van der Waals surface area contributed by atoms with E-state index in [-0.39, 0.29) is 5.16 Å². The zero-order valence-corrected chi connectivity index (χ0v) is 28.9. The maximum Gasteiger partial charge on any atom is 0.233 e. The van der Waals surface area contributed by atoms with Crippen LogP contribution >= 0.6 is 0 Å². The van der Waals surface area contributed by atoms with E-state index in [1.165, 1.54) is 46.5 Å². The Morgan fingerprint density at radius 1 is 0.723 bits per heavy atom. The van der Waals surface area contributed by atoms with Gasteiger partial charge in [-0.25, -0.2) is 4.98 Å². The molecule has 0 saturated heterocycles. The smallest absolute Gasteiger partial charge is 0.233 e. The van der Waals surface area contributed by atoms with E-state index in [4.69, 9.17) is 4.74 Å². The molecule has 6 rings (SSSR count). The molecule has 0 aliphatic heterocycles. The summed E-state index contributed by atoms with van der Waals surface area (Å²) < 4.78 is 8.41. The van der Waals surface area contributed by atoms with Crippen molar-refractivity contribution >= 4 is 32.3 Å². The predicted molar refractivity (Wildman–Crippen MR) is 204 cm³/mol. The average molecular weight is 633 g/mol. The molecule has 0 saturated carbocycles. The molecule has 0 fully saturated rings. The fraction of sp³-hybridized carbons (Fsp3) is 0.167. The van der Waals surface area contributed by atoms with Gasteiger partial charge in [0, 0.05) is 12.4 Å². The van der Waals surface area contributed by atoms with E-state index in [1.807, 2.05) is 30.6 Å². The van der Waals surface area contributed by atoms with Gasteiger partial charge in [-0.3, -0.25) is 0 Å². The van der Waals surface area contributed by atoms with E-state index in [9.17, 15) is 0 Å². The molecule has 0 aliphatic rings. The fourth-order valence-corrected chi connectivity index (χ4v) is 8.62. The van der Waals surface area contributed by atoms with Crippen LogP contribution in [-0.2, 0) is 5.16 Å². The number of aromatic nitrogens is 2. The first-order valence-electron chi connectivity index (χ1n) is 16.8. The van der Waals surface area contributed by atoms with E-state index in [0.717, 1.165) is 18.8 Å². The summed E-state index contributed by atoms with van der Waals surface area (Å²) in [6, 6.07) is 51.3. The van der Waals surface area contributed by atoms with Crippen molar-refractivity contribution in [2.75, 3.05) is 6.61 Å². The number of rotatable bonds is 14. The molecule has 0 spiro atoms. The molecule has 236 valence electrons. The molecule has 5 heteroatoms. The molecule has 0 bridgehead atoms. The Morgan fingerprint density at radius 2 is 1.30 bits per heavy atom. The van der Waals surface area contributed by atoms with Gasteiger partial charge in [-0.15, -0.1) is 12.6 Å². The lowest BCUT2D eigenvalue weighted by atomic mass is 9.41. The third-order valence-corrected chi connectivity index (χ3v) is 11.2. The first-order chi connectivity index (χ1) is 23.2. The van der Waals surface area contributed by atoms with Crippen LogP contribution in [0.2, 0.25) is 0 Å². The van der Waals surface area contributed by atoms with Crippen LogP contribution in [0.3, 0.4) is 0 Å². The van der Waals surface area contributed by atoms with Gasteiger partial charge >= 0.3 is 0 Å². The van der Waals surface area contributed by atoms with Crippen molar-refractivity contribution in [2.45, 2.75) is 37.8 Å². The molecule has 5 aromatic carbocycles. The second kappa shape index (κ2) is 17.7. The van der Waals surface area contributed by atoms with E-state index < -0.39 is 9.52 Å². The summed E-state index contributed by atoms with van der Waals surface area (Å²) in [4.78, 5) is 4.42. The van der Waals surface area contributed by atoms with Gasteiger partial charge in [0.05, 0.1) is 27.6 Å². The summed E-state index contributed by atoms with van der Waals surface area (Å²) in [5.41, 5.74) is 5.17. The maximum absolute atomic E-state index is 6.11. The van der Waals surface area contributed by atoms with Gasteiger partial charge in [0.25, 0.3) is 0 Å². The van der Waals surface area contributed by atoms with Crippen LogP contribution in [0.5, 0.6) is 5.75 Å². The van der Waals surface area contributed by atoms with Gasteiger partial charge in [0.1, 0.15) is 5.75 Å². The highest BCUT2D eigenvalue weighted by Gasteiger charge is 2.36. The van der Waals surface area contributed by atoms with Gasteiger partial charge in [0.15, 0.2) is 0 Å². The maximum atomic E-state index is 6.11. The Kier molecular flexibility index (Phi) is 12.6. The first-order valence-corrected chi connectivity index (χ1v) is 18.2. The van der Waals surface area contributed by atoms with Crippen molar-refractivity contribution in [3.8, 4) is 5.75 Å². The van der Waals surface area contributed by atoms with Gasteiger partial charge in [-0.2, -0.15) is 0 Å². The van der Waals surface area contributed by atoms with Crippen LogP contribution in [-0.4, -0.2) is 32.4 Å². The lowest BCUT2D eigenvalue weighted by Gasteiger charge is -2.37. The van der Waals surface area contributed by atoms with Crippen LogP contribution in [0.25, 0.3) is 0 Å². The van der Waals surface area contributed by atoms with Crippen LogP contribution in [0, 0.1) is 0 Å². The van der Waals surface area contributed by atoms with Crippen LogP contribution in [0.4, 0.5) is 0 Å². The fourth-order valence-electron chi connectivity index (χ4n) is 6.22. The molecule has 1 heterocycles. The Labute approximate surface area is 283 Å².